The summed E-state index contributed by atoms with van der Waals surface area (Å²) >= 11 is 5.70. The molecule has 1 N–H and O–H groups in total. The normalized spacial score (nSPS) is 9.86. The van der Waals surface area contributed by atoms with E-state index < -0.39 is 5.97 Å². The number of Topliss-reactive ketones (excluding diaryl/α,β-unsaturated/α-hetero) is 1. The third-order valence-electron chi connectivity index (χ3n) is 1.67. The highest BCUT2D eigenvalue weighted by molar-refractivity contribution is 6.33. The molecule has 1 rings (SSSR count). The van der Waals surface area contributed by atoms with Gasteiger partial charge in [0, 0.05) is 12.6 Å². The number of rotatable bonds is 3. The summed E-state index contributed by atoms with van der Waals surface area (Å²) in [6.07, 6.45) is 1.41. The van der Waals surface area contributed by atoms with Crippen LogP contribution in [0.4, 0.5) is 0 Å². The van der Waals surface area contributed by atoms with Gasteiger partial charge in [-0.2, -0.15) is 0 Å². The molecule has 1 aromatic rings. The van der Waals surface area contributed by atoms with Gasteiger partial charge in [-0.05, 0) is 6.07 Å². The monoisotopic (exact) mass is 213 g/mol. The molecule has 14 heavy (non-hydrogen) atoms. The Balaban J connectivity index is 3.14. The van der Waals surface area contributed by atoms with E-state index in [0.29, 0.717) is 6.42 Å². The van der Waals surface area contributed by atoms with E-state index in [2.05, 4.69) is 4.98 Å². The van der Waals surface area contributed by atoms with Gasteiger partial charge in [-0.3, -0.25) is 9.78 Å². The molecule has 0 bridgehead atoms. The Morgan fingerprint density at radius 1 is 1.57 bits per heavy atom. The zero-order valence-corrected chi connectivity index (χ0v) is 8.21. The molecule has 0 aromatic carbocycles. The number of carboxylic acid groups (broad SMARTS) is 1. The van der Waals surface area contributed by atoms with Gasteiger partial charge in [-0.1, -0.05) is 18.5 Å². The van der Waals surface area contributed by atoms with Gasteiger partial charge in [0.05, 0.1) is 10.6 Å². The van der Waals surface area contributed by atoms with Gasteiger partial charge in [0.1, 0.15) is 5.69 Å². The molecule has 0 unspecified atom stereocenters. The molecule has 0 amide bonds. The van der Waals surface area contributed by atoms with Crippen molar-refractivity contribution < 1.29 is 14.7 Å². The van der Waals surface area contributed by atoms with Crippen LogP contribution in [-0.2, 0) is 0 Å². The van der Waals surface area contributed by atoms with Gasteiger partial charge in [-0.15, -0.1) is 0 Å². The van der Waals surface area contributed by atoms with Crippen LogP contribution in [0.25, 0.3) is 0 Å². The molecule has 4 nitrogen and oxygen atoms in total. The largest absolute Gasteiger partial charge is 0.478 e. The predicted octanol–water partition coefficient (Wildman–Crippen LogP) is 2.03. The number of hydrogen-bond donors (Lipinski definition) is 1. The minimum absolute atomic E-state index is 0.0253. The van der Waals surface area contributed by atoms with Crippen LogP contribution in [0.3, 0.4) is 0 Å². The Morgan fingerprint density at radius 2 is 2.21 bits per heavy atom. The highest BCUT2D eigenvalue weighted by Gasteiger charge is 2.12. The second-order valence-corrected chi connectivity index (χ2v) is 3.04. The first-order valence-corrected chi connectivity index (χ1v) is 4.36. The number of carbonyl (C=O) groups excluding carboxylic acids is 1. The minimum Gasteiger partial charge on any atom is -0.478 e. The molecular weight excluding hydrogens is 206 g/mol. The van der Waals surface area contributed by atoms with Crippen LogP contribution >= 0.6 is 11.6 Å². The molecule has 0 atom stereocenters. The first-order valence-electron chi connectivity index (χ1n) is 3.98. The van der Waals surface area contributed by atoms with E-state index in [-0.39, 0.29) is 22.1 Å². The fourth-order valence-corrected chi connectivity index (χ4v) is 1.20. The third-order valence-corrected chi connectivity index (χ3v) is 1.96. The zero-order valence-electron chi connectivity index (χ0n) is 7.45. The maximum Gasteiger partial charge on any atom is 0.337 e. The van der Waals surface area contributed by atoms with Crippen LogP contribution in [0.5, 0.6) is 0 Å². The SMILES string of the molecule is CCC(=O)c1ncc(C(=O)O)cc1Cl. The number of halogens is 1. The second-order valence-electron chi connectivity index (χ2n) is 2.64. The van der Waals surface area contributed by atoms with E-state index in [1.807, 2.05) is 0 Å². The van der Waals surface area contributed by atoms with E-state index in [0.717, 1.165) is 6.20 Å². The number of aromatic carboxylic acids is 1. The van der Waals surface area contributed by atoms with Crippen LogP contribution in [0, 0.1) is 0 Å². The number of carboxylic acids is 1. The molecule has 74 valence electrons. The van der Waals surface area contributed by atoms with Crippen LogP contribution in [0.2, 0.25) is 5.02 Å². The zero-order chi connectivity index (χ0) is 10.7. The maximum atomic E-state index is 11.2. The lowest BCUT2D eigenvalue weighted by atomic mass is 10.2. The Bertz CT molecular complexity index is 390. The Morgan fingerprint density at radius 3 is 2.64 bits per heavy atom. The van der Waals surface area contributed by atoms with Gasteiger partial charge in [0.25, 0.3) is 0 Å². The Hall–Kier alpha value is -1.42. The molecule has 0 saturated carbocycles. The lowest BCUT2D eigenvalue weighted by Crippen LogP contribution is -2.04. The van der Waals surface area contributed by atoms with Gasteiger partial charge >= 0.3 is 5.97 Å². The summed E-state index contributed by atoms with van der Waals surface area (Å²) in [5, 5.41) is 8.69. The van der Waals surface area contributed by atoms with Gasteiger partial charge < -0.3 is 5.11 Å². The van der Waals surface area contributed by atoms with Crippen molar-refractivity contribution in [3.8, 4) is 0 Å². The lowest BCUT2D eigenvalue weighted by Gasteiger charge is -2.01. The van der Waals surface area contributed by atoms with Crippen LogP contribution in [0.15, 0.2) is 12.3 Å². The van der Waals surface area contributed by atoms with E-state index in [1.165, 1.54) is 6.07 Å². The highest BCUT2D eigenvalue weighted by Crippen LogP contribution is 2.16. The predicted molar refractivity (Wildman–Crippen MR) is 50.8 cm³/mol. The van der Waals surface area contributed by atoms with Crippen molar-refractivity contribution in [3.05, 3.63) is 28.5 Å². The lowest BCUT2D eigenvalue weighted by molar-refractivity contribution is 0.0695. The topological polar surface area (TPSA) is 67.3 Å². The molecule has 0 radical (unpaired) electrons. The minimum atomic E-state index is -1.12. The molecule has 5 heteroatoms. The molecule has 0 fully saturated rings. The second kappa shape index (κ2) is 4.19. The summed E-state index contributed by atoms with van der Waals surface area (Å²) in [4.78, 5) is 25.4. The number of aromatic nitrogens is 1. The summed E-state index contributed by atoms with van der Waals surface area (Å²) in [5.74, 6) is -1.32. The van der Waals surface area contributed by atoms with Crippen molar-refractivity contribution in [3.63, 3.8) is 0 Å². The summed E-state index contributed by atoms with van der Waals surface area (Å²) in [7, 11) is 0. The van der Waals surface area contributed by atoms with E-state index >= 15 is 0 Å². The molecule has 0 aliphatic rings. The average Bonchev–Trinajstić information content (AvgIpc) is 2.16. The van der Waals surface area contributed by atoms with E-state index in [1.54, 1.807) is 6.92 Å². The van der Waals surface area contributed by atoms with Crippen molar-refractivity contribution >= 4 is 23.4 Å². The molecule has 0 spiro atoms. The van der Waals surface area contributed by atoms with E-state index in [4.69, 9.17) is 16.7 Å². The number of nitrogens with zero attached hydrogens (tertiary/aromatic N) is 1. The number of carbonyl (C=O) groups is 2. The fraction of sp³-hybridized carbons (Fsp3) is 0.222. The van der Waals surface area contributed by atoms with Crippen LogP contribution < -0.4 is 0 Å². The molecule has 0 saturated heterocycles. The van der Waals surface area contributed by atoms with Crippen molar-refractivity contribution in [2.45, 2.75) is 13.3 Å². The number of hydrogen-bond acceptors (Lipinski definition) is 3. The van der Waals surface area contributed by atoms with Crippen molar-refractivity contribution in [2.24, 2.45) is 0 Å². The van der Waals surface area contributed by atoms with Crippen molar-refractivity contribution in [1.29, 1.82) is 0 Å². The van der Waals surface area contributed by atoms with Gasteiger partial charge in [0.15, 0.2) is 5.78 Å². The fourth-order valence-electron chi connectivity index (χ4n) is 0.927. The van der Waals surface area contributed by atoms with Gasteiger partial charge in [0.2, 0.25) is 0 Å². The third kappa shape index (κ3) is 2.09. The Kier molecular flexibility index (Phi) is 3.19. The van der Waals surface area contributed by atoms with E-state index in [9.17, 15) is 9.59 Å². The first kappa shape index (κ1) is 10.7. The molecule has 0 aliphatic heterocycles. The summed E-state index contributed by atoms with van der Waals surface area (Å²) in [6.45, 7) is 1.69. The average molecular weight is 214 g/mol. The smallest absolute Gasteiger partial charge is 0.337 e. The summed E-state index contributed by atoms with van der Waals surface area (Å²) in [6, 6.07) is 1.22. The van der Waals surface area contributed by atoms with Crippen LogP contribution in [0.1, 0.15) is 34.2 Å². The van der Waals surface area contributed by atoms with Crippen LogP contribution in [-0.4, -0.2) is 21.8 Å². The molecular formula is C9H8ClNO3. The van der Waals surface area contributed by atoms with Crippen molar-refractivity contribution in [2.75, 3.05) is 0 Å². The summed E-state index contributed by atoms with van der Waals surface area (Å²) in [5.41, 5.74) is 0.0989. The standard InChI is InChI=1S/C9H8ClNO3/c1-2-7(12)8-6(10)3-5(4-11-8)9(13)14/h3-4H,2H2,1H3,(H,13,14). The molecule has 1 heterocycles. The number of pyridine rings is 1. The highest BCUT2D eigenvalue weighted by atomic mass is 35.5. The quantitative estimate of drug-likeness (QED) is 0.780. The van der Waals surface area contributed by atoms with Crippen molar-refractivity contribution in [1.82, 2.24) is 4.98 Å². The number of ketones is 1. The first-order chi connectivity index (χ1) is 6.56. The molecule has 0 aliphatic carbocycles. The Labute approximate surface area is 85.5 Å². The summed E-state index contributed by atoms with van der Waals surface area (Å²) < 4.78 is 0. The molecule has 1 aromatic heterocycles. The maximum absolute atomic E-state index is 11.2. The van der Waals surface area contributed by atoms with Gasteiger partial charge in [-0.25, -0.2) is 4.79 Å².